The Morgan fingerprint density at radius 1 is 1.12 bits per heavy atom. The van der Waals surface area contributed by atoms with Crippen molar-refractivity contribution < 1.29 is 48.6 Å². The summed E-state index contributed by atoms with van der Waals surface area (Å²) in [6, 6.07) is 8.06. The summed E-state index contributed by atoms with van der Waals surface area (Å²) >= 11 is 0. The van der Waals surface area contributed by atoms with Crippen molar-refractivity contribution in [2.75, 3.05) is 20.3 Å². The van der Waals surface area contributed by atoms with E-state index >= 15 is 0 Å². The van der Waals surface area contributed by atoms with Crippen molar-refractivity contribution in [3.63, 3.8) is 0 Å². The van der Waals surface area contributed by atoms with E-state index in [1.54, 1.807) is 31.2 Å². The maximum Gasteiger partial charge on any atom is 0.453 e. The second kappa shape index (κ2) is 8.54. The van der Waals surface area contributed by atoms with Crippen molar-refractivity contribution in [1.82, 2.24) is 0 Å². The maximum atomic E-state index is 12.4. The van der Waals surface area contributed by atoms with Gasteiger partial charge in [0.25, 0.3) is 0 Å². The summed E-state index contributed by atoms with van der Waals surface area (Å²) in [5, 5.41) is 27.9. The van der Waals surface area contributed by atoms with Gasteiger partial charge in [0.05, 0.1) is 19.3 Å². The Bertz CT molecular complexity index is 1080. The monoisotopic (exact) mass is 460 g/mol. The largest absolute Gasteiger partial charge is 0.490 e. The molecule has 1 saturated carbocycles. The van der Waals surface area contributed by atoms with Gasteiger partial charge in [-0.1, -0.05) is 6.07 Å². The van der Waals surface area contributed by atoms with E-state index in [4.69, 9.17) is 23.7 Å². The average Bonchev–Trinajstić information content (AvgIpc) is 3.48. The van der Waals surface area contributed by atoms with Gasteiger partial charge in [0.15, 0.2) is 11.5 Å². The van der Waals surface area contributed by atoms with Crippen molar-refractivity contribution in [3.8, 4) is 28.4 Å². The summed E-state index contributed by atoms with van der Waals surface area (Å²) in [5.41, 5.74) is 1.59. The van der Waals surface area contributed by atoms with Gasteiger partial charge >= 0.3 is 18.1 Å². The third-order valence-corrected chi connectivity index (χ3v) is 5.58. The molecule has 0 amide bonds. The highest BCUT2D eigenvalue weighted by molar-refractivity contribution is 5.94. The highest BCUT2D eigenvalue weighted by Gasteiger charge is 2.52. The van der Waals surface area contributed by atoms with Gasteiger partial charge in [-0.15, -0.1) is 0 Å². The highest BCUT2D eigenvalue weighted by Crippen LogP contribution is 2.50. The first-order valence-corrected chi connectivity index (χ1v) is 10.3. The van der Waals surface area contributed by atoms with Crippen LogP contribution in [-0.2, 0) is 20.9 Å². The Hall–Kier alpha value is -3.34. The summed E-state index contributed by atoms with van der Waals surface area (Å²) in [5.74, 6) is -0.832. The van der Waals surface area contributed by atoms with E-state index < -0.39 is 17.5 Å². The fraction of sp³-hybridized carbons (Fsp3) is 0.391. The number of benzene rings is 2. The Labute approximate surface area is 189 Å². The molecular formula is C23H24O10. The van der Waals surface area contributed by atoms with Gasteiger partial charge in [-0.05, 0) is 49.6 Å². The highest BCUT2D eigenvalue weighted by atomic mass is 16.9. The van der Waals surface area contributed by atoms with E-state index in [1.807, 2.05) is 0 Å². The SMILES string of the molecule is CCOC(=O)C1(COc2c(-c3ccc4c(c3)COC4=O)ccc(OC(O)(O)O)c2OC)CC1. The summed E-state index contributed by atoms with van der Waals surface area (Å²) in [6.07, 6.45) is -2.24. The quantitative estimate of drug-likeness (QED) is 0.374. The van der Waals surface area contributed by atoms with Gasteiger partial charge in [-0.3, -0.25) is 4.79 Å². The molecule has 0 saturated heterocycles. The lowest BCUT2D eigenvalue weighted by molar-refractivity contribution is -0.419. The molecule has 0 atom stereocenters. The van der Waals surface area contributed by atoms with Gasteiger partial charge < -0.3 is 39.0 Å². The normalized spacial score (nSPS) is 16.0. The molecule has 0 aromatic heterocycles. The molecule has 4 rings (SSSR count). The molecule has 0 spiro atoms. The number of methoxy groups -OCH3 is 1. The van der Waals surface area contributed by atoms with Gasteiger partial charge in [-0.2, -0.15) is 0 Å². The van der Waals surface area contributed by atoms with E-state index in [2.05, 4.69) is 0 Å². The zero-order valence-corrected chi connectivity index (χ0v) is 18.1. The Morgan fingerprint density at radius 3 is 2.48 bits per heavy atom. The van der Waals surface area contributed by atoms with E-state index in [0.717, 1.165) is 0 Å². The van der Waals surface area contributed by atoms with E-state index in [0.29, 0.717) is 35.1 Å². The molecule has 1 heterocycles. The smallest absolute Gasteiger partial charge is 0.453 e. The molecule has 0 unspecified atom stereocenters. The van der Waals surface area contributed by atoms with Gasteiger partial charge in [0, 0.05) is 11.1 Å². The first-order valence-electron chi connectivity index (χ1n) is 10.3. The number of cyclic esters (lactones) is 1. The first-order chi connectivity index (χ1) is 15.7. The third kappa shape index (κ3) is 4.58. The molecule has 1 aliphatic carbocycles. The topological polar surface area (TPSA) is 141 Å². The standard InChI is InChI=1S/C23H24O10/c1-3-30-21(25)22(8-9-22)12-32-18-15(6-7-17(19(18)29-2)33-23(26,27)28)13-4-5-16-14(10-13)11-31-20(16)24/h4-7,10,26-28H,3,8-9,11-12H2,1-2H3. The van der Waals surface area contributed by atoms with Crippen LogP contribution in [0.25, 0.3) is 11.1 Å². The Balaban J connectivity index is 1.75. The summed E-state index contributed by atoms with van der Waals surface area (Å²) in [4.78, 5) is 24.2. The lowest BCUT2D eigenvalue weighted by Crippen LogP contribution is -2.34. The lowest BCUT2D eigenvalue weighted by atomic mass is 9.99. The molecule has 1 fully saturated rings. The number of aliphatic hydroxyl groups is 3. The summed E-state index contributed by atoms with van der Waals surface area (Å²) in [6.45, 7) is 2.11. The fourth-order valence-corrected chi connectivity index (χ4v) is 3.69. The zero-order chi connectivity index (χ0) is 23.8. The number of fused-ring (bicyclic) bond motifs is 1. The molecule has 2 aliphatic rings. The zero-order valence-electron chi connectivity index (χ0n) is 18.1. The average molecular weight is 460 g/mol. The van der Waals surface area contributed by atoms with Crippen molar-refractivity contribution in [1.29, 1.82) is 0 Å². The number of rotatable bonds is 9. The van der Waals surface area contributed by atoms with Crippen LogP contribution in [0.15, 0.2) is 30.3 Å². The summed E-state index contributed by atoms with van der Waals surface area (Å²) in [7, 11) is 1.32. The third-order valence-electron chi connectivity index (χ3n) is 5.58. The minimum Gasteiger partial charge on any atom is -0.490 e. The molecule has 2 aromatic rings. The molecule has 33 heavy (non-hydrogen) atoms. The van der Waals surface area contributed by atoms with Crippen LogP contribution in [0.3, 0.4) is 0 Å². The number of hydrogen-bond acceptors (Lipinski definition) is 10. The minimum absolute atomic E-state index is 0.00625. The number of esters is 2. The number of carbonyl (C=O) groups excluding carboxylic acids is 2. The number of carbonyl (C=O) groups is 2. The molecule has 2 aromatic carbocycles. The molecule has 10 heteroatoms. The van der Waals surface area contributed by atoms with Crippen LogP contribution < -0.4 is 14.2 Å². The molecule has 0 radical (unpaired) electrons. The second-order valence-corrected chi connectivity index (χ2v) is 7.89. The fourth-order valence-electron chi connectivity index (χ4n) is 3.69. The van der Waals surface area contributed by atoms with Crippen LogP contribution in [-0.4, -0.2) is 53.7 Å². The van der Waals surface area contributed by atoms with Crippen LogP contribution in [0, 0.1) is 5.41 Å². The Kier molecular flexibility index (Phi) is 5.91. The van der Waals surface area contributed by atoms with Crippen molar-refractivity contribution in [2.24, 2.45) is 5.41 Å². The van der Waals surface area contributed by atoms with Gasteiger partial charge in [0.2, 0.25) is 5.75 Å². The van der Waals surface area contributed by atoms with Crippen LogP contribution in [0.4, 0.5) is 0 Å². The van der Waals surface area contributed by atoms with Crippen LogP contribution in [0.1, 0.15) is 35.7 Å². The van der Waals surface area contributed by atoms with Crippen molar-refractivity contribution in [3.05, 3.63) is 41.5 Å². The molecule has 176 valence electrons. The van der Waals surface area contributed by atoms with Gasteiger partial charge in [-0.25, -0.2) is 4.79 Å². The molecule has 10 nitrogen and oxygen atoms in total. The number of hydrogen-bond donors (Lipinski definition) is 3. The number of ether oxygens (including phenoxy) is 5. The van der Waals surface area contributed by atoms with Crippen LogP contribution >= 0.6 is 0 Å². The van der Waals surface area contributed by atoms with Crippen molar-refractivity contribution in [2.45, 2.75) is 32.5 Å². The molecular weight excluding hydrogens is 436 g/mol. The second-order valence-electron chi connectivity index (χ2n) is 7.89. The van der Waals surface area contributed by atoms with Crippen LogP contribution in [0.2, 0.25) is 0 Å². The lowest BCUT2D eigenvalue weighted by Gasteiger charge is -2.23. The first kappa shape index (κ1) is 22.8. The predicted octanol–water partition coefficient (Wildman–Crippen LogP) is 1.72. The Morgan fingerprint density at radius 2 is 1.85 bits per heavy atom. The molecule has 0 bridgehead atoms. The van der Waals surface area contributed by atoms with Gasteiger partial charge in [0.1, 0.15) is 18.6 Å². The van der Waals surface area contributed by atoms with E-state index in [9.17, 15) is 24.9 Å². The van der Waals surface area contributed by atoms with Crippen molar-refractivity contribution >= 4 is 11.9 Å². The maximum absolute atomic E-state index is 12.4. The van der Waals surface area contributed by atoms with E-state index in [-0.39, 0.29) is 43.0 Å². The predicted molar refractivity (Wildman–Crippen MR) is 111 cm³/mol. The van der Waals surface area contributed by atoms with E-state index in [1.165, 1.54) is 13.2 Å². The van der Waals surface area contributed by atoms with Crippen LogP contribution in [0.5, 0.6) is 17.2 Å². The minimum atomic E-state index is -3.44. The molecule has 1 aliphatic heterocycles. The molecule has 3 N–H and O–H groups in total. The summed E-state index contributed by atoms with van der Waals surface area (Å²) < 4.78 is 26.5.